The zero-order chi connectivity index (χ0) is 31.4. The van der Waals surface area contributed by atoms with E-state index in [1.807, 2.05) is 13.8 Å². The van der Waals surface area contributed by atoms with Gasteiger partial charge in [-0.1, -0.05) is 128 Å². The summed E-state index contributed by atoms with van der Waals surface area (Å²) >= 11 is 0. The molecule has 0 rings (SSSR count). The Kier molecular flexibility index (Phi) is 13.7. The fraction of sp³-hybridized carbons (Fsp3) is 0.912. The highest BCUT2D eigenvalue weighted by Crippen LogP contribution is 2.59. The molecule has 0 aromatic carbocycles. The summed E-state index contributed by atoms with van der Waals surface area (Å²) in [4.78, 5) is 12.2. The molecule has 39 heavy (non-hydrogen) atoms. The molecule has 0 aliphatic heterocycles. The first-order valence-electron chi connectivity index (χ1n) is 15.8. The summed E-state index contributed by atoms with van der Waals surface area (Å²) in [6.07, 6.45) is 5.77. The van der Waals surface area contributed by atoms with Crippen molar-refractivity contribution in [3.63, 3.8) is 0 Å². The summed E-state index contributed by atoms with van der Waals surface area (Å²) in [7, 11) is -5.11. The molecule has 0 heterocycles. The van der Waals surface area contributed by atoms with Gasteiger partial charge < -0.3 is 5.11 Å². The molecule has 0 aliphatic carbocycles. The largest absolute Gasteiger partial charge is 0.481 e. The second-order valence-electron chi connectivity index (χ2n) is 17.7. The van der Waals surface area contributed by atoms with E-state index in [-0.39, 0.29) is 16.5 Å². The Morgan fingerprint density at radius 1 is 0.667 bits per heavy atom. The van der Waals surface area contributed by atoms with Crippen molar-refractivity contribution in [2.24, 2.45) is 11.8 Å². The molecular weight excluding hydrogens is 525 g/mol. The van der Waals surface area contributed by atoms with E-state index in [1.54, 1.807) is 0 Å². The van der Waals surface area contributed by atoms with E-state index < -0.39 is 30.2 Å². The lowest BCUT2D eigenvalue weighted by atomic mass is 9.92. The van der Waals surface area contributed by atoms with Gasteiger partial charge in [-0.05, 0) is 57.4 Å². The smallest absolute Gasteiger partial charge is 0.306 e. The maximum Gasteiger partial charge on any atom is 0.306 e. The maximum absolute atomic E-state index is 12.2. The average Bonchev–Trinajstić information content (AvgIpc) is 2.73. The summed E-state index contributed by atoms with van der Waals surface area (Å²) in [5.74, 6) is 6.24. The molecule has 0 bridgehead atoms. The number of hydrogen-bond acceptors (Lipinski definition) is 1. The standard InChI is InChI=1S/C34H70O2Si3/c1-19-20-21-22-28(37(13,14)32(4,5)6)29(38(15,16)33(7,8)9)24-23-26(2)25-30(27(3)31(35)36)39(17,18)34(10,11)12/h26-30H,21-25H2,1-18H3,(H,35,36)/t26-,27-,28-,29-,30+/m0/s1. The molecule has 0 spiro atoms. The Morgan fingerprint density at radius 3 is 1.36 bits per heavy atom. The first-order chi connectivity index (χ1) is 17.2. The van der Waals surface area contributed by atoms with E-state index >= 15 is 0 Å². The lowest BCUT2D eigenvalue weighted by Crippen LogP contribution is -2.52. The first-order valence-corrected chi connectivity index (χ1v) is 25.0. The summed E-state index contributed by atoms with van der Waals surface area (Å²) in [5.41, 5.74) is 1.79. The number of hydrogen-bond donors (Lipinski definition) is 1. The van der Waals surface area contributed by atoms with Crippen LogP contribution < -0.4 is 0 Å². The van der Waals surface area contributed by atoms with E-state index in [4.69, 9.17) is 0 Å². The molecule has 5 atom stereocenters. The van der Waals surface area contributed by atoms with E-state index in [2.05, 4.69) is 120 Å². The van der Waals surface area contributed by atoms with Crippen molar-refractivity contribution in [3.8, 4) is 11.8 Å². The molecule has 0 aromatic rings. The van der Waals surface area contributed by atoms with Crippen LogP contribution in [0.15, 0.2) is 0 Å². The van der Waals surface area contributed by atoms with Crippen LogP contribution in [0.3, 0.4) is 0 Å². The Bertz CT molecular complexity index is 841. The van der Waals surface area contributed by atoms with E-state index in [0.29, 0.717) is 16.0 Å². The minimum atomic E-state index is -1.82. The lowest BCUT2D eigenvalue weighted by molar-refractivity contribution is -0.141. The van der Waals surface area contributed by atoms with Crippen LogP contribution >= 0.6 is 0 Å². The SMILES string of the molecule is CC#CCC[C@@H]([C@H](CC[C@H](C)C[C@H]([C@H](C)C(=O)O)[Si](C)(C)C(C)(C)C)[Si](C)(C)C(C)(C)C)[Si](C)(C)C(C)(C)C. The minimum Gasteiger partial charge on any atom is -0.481 e. The van der Waals surface area contributed by atoms with Crippen LogP contribution in [-0.2, 0) is 4.79 Å². The molecule has 2 nitrogen and oxygen atoms in total. The van der Waals surface area contributed by atoms with Crippen LogP contribution in [0.4, 0.5) is 0 Å². The van der Waals surface area contributed by atoms with Gasteiger partial charge in [-0.2, -0.15) is 0 Å². The topological polar surface area (TPSA) is 37.3 Å². The molecule has 0 amide bonds. The summed E-state index contributed by atoms with van der Waals surface area (Å²) in [6, 6.07) is 0. The molecule has 0 aliphatic rings. The third-order valence-corrected chi connectivity index (χ3v) is 32.1. The summed E-state index contributed by atoms with van der Waals surface area (Å²) in [6.45, 7) is 43.8. The highest BCUT2D eigenvalue weighted by atomic mass is 28.3. The van der Waals surface area contributed by atoms with E-state index in [1.165, 1.54) is 19.3 Å². The van der Waals surface area contributed by atoms with Crippen molar-refractivity contribution >= 4 is 30.2 Å². The van der Waals surface area contributed by atoms with Gasteiger partial charge in [0.15, 0.2) is 0 Å². The number of carboxylic acid groups (broad SMARTS) is 1. The van der Waals surface area contributed by atoms with Crippen LogP contribution in [0.1, 0.15) is 115 Å². The predicted octanol–water partition coefficient (Wildman–Crippen LogP) is 12.0. The molecule has 0 fully saturated rings. The Balaban J connectivity index is 6.50. The first kappa shape index (κ1) is 38.7. The second kappa shape index (κ2) is 13.8. The monoisotopic (exact) mass is 594 g/mol. The fourth-order valence-electron chi connectivity index (χ4n) is 6.46. The third kappa shape index (κ3) is 9.60. The summed E-state index contributed by atoms with van der Waals surface area (Å²) in [5, 5.41) is 10.9. The van der Waals surface area contributed by atoms with Gasteiger partial charge in [0.05, 0.1) is 30.1 Å². The van der Waals surface area contributed by atoms with Crippen LogP contribution in [0, 0.1) is 23.7 Å². The molecule has 0 aromatic heterocycles. The number of aliphatic carboxylic acids is 1. The van der Waals surface area contributed by atoms with Gasteiger partial charge in [0, 0.05) is 6.42 Å². The van der Waals surface area contributed by atoms with Gasteiger partial charge in [-0.25, -0.2) is 0 Å². The summed E-state index contributed by atoms with van der Waals surface area (Å²) < 4.78 is 0. The van der Waals surface area contributed by atoms with Crippen molar-refractivity contribution in [2.45, 2.75) is 186 Å². The molecular formula is C34H70O2Si3. The van der Waals surface area contributed by atoms with Crippen LogP contribution in [0.5, 0.6) is 0 Å². The predicted molar refractivity (Wildman–Crippen MR) is 185 cm³/mol. The van der Waals surface area contributed by atoms with Crippen molar-refractivity contribution < 1.29 is 9.90 Å². The van der Waals surface area contributed by atoms with Crippen LogP contribution in [0.2, 0.25) is 71.0 Å². The molecule has 0 radical (unpaired) electrons. The quantitative estimate of drug-likeness (QED) is 0.170. The molecule has 230 valence electrons. The Hall–Kier alpha value is -0.319. The van der Waals surface area contributed by atoms with E-state index in [0.717, 1.165) is 23.9 Å². The van der Waals surface area contributed by atoms with Crippen LogP contribution in [0.25, 0.3) is 0 Å². The van der Waals surface area contributed by atoms with Crippen molar-refractivity contribution in [1.29, 1.82) is 0 Å². The molecule has 0 saturated carbocycles. The van der Waals surface area contributed by atoms with Crippen molar-refractivity contribution in [3.05, 3.63) is 0 Å². The highest BCUT2D eigenvalue weighted by Gasteiger charge is 2.52. The van der Waals surface area contributed by atoms with Gasteiger partial charge in [0.1, 0.15) is 0 Å². The molecule has 0 saturated heterocycles. The zero-order valence-corrected chi connectivity index (χ0v) is 32.8. The van der Waals surface area contributed by atoms with Crippen molar-refractivity contribution in [1.82, 2.24) is 0 Å². The van der Waals surface area contributed by atoms with E-state index in [9.17, 15) is 9.90 Å². The van der Waals surface area contributed by atoms with Gasteiger partial charge in [-0.3, -0.25) is 4.79 Å². The number of rotatable bonds is 13. The average molecular weight is 595 g/mol. The van der Waals surface area contributed by atoms with Gasteiger partial charge in [-0.15, -0.1) is 11.8 Å². The molecule has 5 heteroatoms. The maximum atomic E-state index is 12.2. The molecule has 1 N–H and O–H groups in total. The normalized spacial score (nSPS) is 18.0. The Morgan fingerprint density at radius 2 is 1.03 bits per heavy atom. The minimum absolute atomic E-state index is 0.179. The highest BCUT2D eigenvalue weighted by molar-refractivity contribution is 6.87. The van der Waals surface area contributed by atoms with Gasteiger partial charge >= 0.3 is 5.97 Å². The second-order valence-corrected chi connectivity index (χ2v) is 34.8. The zero-order valence-electron chi connectivity index (χ0n) is 29.8. The lowest BCUT2D eigenvalue weighted by Gasteiger charge is -2.54. The third-order valence-electron chi connectivity index (χ3n) is 12.4. The number of carbonyl (C=O) groups is 1. The van der Waals surface area contributed by atoms with Gasteiger partial charge in [0.25, 0.3) is 0 Å². The van der Waals surface area contributed by atoms with Gasteiger partial charge in [0.2, 0.25) is 0 Å². The number of carboxylic acids is 1. The van der Waals surface area contributed by atoms with Crippen molar-refractivity contribution in [2.75, 3.05) is 0 Å². The molecule has 0 unspecified atom stereocenters. The Labute approximate surface area is 249 Å². The van der Waals surface area contributed by atoms with Crippen LogP contribution in [-0.4, -0.2) is 35.3 Å². The fourth-order valence-corrected chi connectivity index (χ4v) is 18.8.